The van der Waals surface area contributed by atoms with Gasteiger partial charge >= 0.3 is 0 Å². The van der Waals surface area contributed by atoms with Crippen molar-refractivity contribution < 1.29 is 4.74 Å². The number of guanidine groups is 1. The first-order valence-electron chi connectivity index (χ1n) is 8.53. The lowest BCUT2D eigenvalue weighted by molar-refractivity contribution is 0.242. The summed E-state index contributed by atoms with van der Waals surface area (Å²) < 4.78 is 7.44. The van der Waals surface area contributed by atoms with Crippen LogP contribution >= 0.6 is 0 Å². The van der Waals surface area contributed by atoms with E-state index in [2.05, 4.69) is 15.4 Å². The standard InChI is InChI=1S/C20H23N5O/c1-15(2)26-19-9-7-17(8-10-19)24-20(21)22-14-16-5-3-6-18(13-16)25-12-4-11-23-25/h3-13,15H,14H2,1-2H3,(H3,21,22,24). The van der Waals surface area contributed by atoms with E-state index in [-0.39, 0.29) is 6.10 Å². The van der Waals surface area contributed by atoms with Gasteiger partial charge in [-0.1, -0.05) is 12.1 Å². The normalized spacial score (nSPS) is 11.6. The molecule has 3 aromatic rings. The van der Waals surface area contributed by atoms with Gasteiger partial charge in [-0.2, -0.15) is 5.10 Å². The molecule has 0 aliphatic carbocycles. The second-order valence-electron chi connectivity index (χ2n) is 6.14. The highest BCUT2D eigenvalue weighted by Gasteiger charge is 2.01. The molecule has 1 heterocycles. The highest BCUT2D eigenvalue weighted by atomic mass is 16.5. The van der Waals surface area contributed by atoms with E-state index in [0.29, 0.717) is 12.5 Å². The molecule has 0 spiro atoms. The Morgan fingerprint density at radius 2 is 2.00 bits per heavy atom. The lowest BCUT2D eigenvalue weighted by Gasteiger charge is -2.11. The summed E-state index contributed by atoms with van der Waals surface area (Å²) in [5, 5.41) is 7.33. The van der Waals surface area contributed by atoms with Gasteiger partial charge in [-0.15, -0.1) is 0 Å². The number of nitrogens with one attached hydrogen (secondary N) is 1. The quantitative estimate of drug-likeness (QED) is 0.527. The van der Waals surface area contributed by atoms with Gasteiger partial charge in [0, 0.05) is 18.1 Å². The number of ether oxygens (including phenoxy) is 1. The van der Waals surface area contributed by atoms with Crippen LogP contribution in [0.25, 0.3) is 5.69 Å². The van der Waals surface area contributed by atoms with E-state index in [1.54, 1.807) is 6.20 Å². The van der Waals surface area contributed by atoms with Crippen LogP contribution in [0.2, 0.25) is 0 Å². The summed E-state index contributed by atoms with van der Waals surface area (Å²) >= 11 is 0. The van der Waals surface area contributed by atoms with Gasteiger partial charge in [0.05, 0.1) is 18.3 Å². The van der Waals surface area contributed by atoms with E-state index in [9.17, 15) is 0 Å². The molecule has 26 heavy (non-hydrogen) atoms. The number of hydrogen-bond acceptors (Lipinski definition) is 3. The zero-order valence-corrected chi connectivity index (χ0v) is 15.0. The molecule has 0 saturated heterocycles. The minimum Gasteiger partial charge on any atom is -0.491 e. The maximum absolute atomic E-state index is 6.00. The van der Waals surface area contributed by atoms with Gasteiger partial charge in [0.2, 0.25) is 0 Å². The Morgan fingerprint density at radius 1 is 1.19 bits per heavy atom. The smallest absolute Gasteiger partial charge is 0.193 e. The molecule has 6 heteroatoms. The number of rotatable bonds is 6. The highest BCUT2D eigenvalue weighted by Crippen LogP contribution is 2.17. The lowest BCUT2D eigenvalue weighted by Crippen LogP contribution is -2.22. The summed E-state index contributed by atoms with van der Waals surface area (Å²) in [6, 6.07) is 17.6. The molecule has 0 aliphatic rings. The van der Waals surface area contributed by atoms with Crippen molar-refractivity contribution in [2.24, 2.45) is 10.7 Å². The van der Waals surface area contributed by atoms with E-state index < -0.39 is 0 Å². The summed E-state index contributed by atoms with van der Waals surface area (Å²) in [5.41, 5.74) is 8.92. The van der Waals surface area contributed by atoms with E-state index in [4.69, 9.17) is 10.5 Å². The van der Waals surface area contributed by atoms with Crippen LogP contribution in [0.15, 0.2) is 72.0 Å². The summed E-state index contributed by atoms with van der Waals surface area (Å²) in [6.45, 7) is 4.48. The number of aliphatic imine (C=N–C) groups is 1. The third-order valence-corrected chi connectivity index (χ3v) is 3.61. The van der Waals surface area contributed by atoms with Gasteiger partial charge < -0.3 is 15.8 Å². The number of aromatic nitrogens is 2. The fourth-order valence-electron chi connectivity index (χ4n) is 2.47. The molecule has 6 nitrogen and oxygen atoms in total. The van der Waals surface area contributed by atoms with Crippen LogP contribution in [0.5, 0.6) is 5.75 Å². The van der Waals surface area contributed by atoms with E-state index >= 15 is 0 Å². The van der Waals surface area contributed by atoms with Gasteiger partial charge in [0.1, 0.15) is 5.75 Å². The van der Waals surface area contributed by atoms with Crippen LogP contribution in [0.3, 0.4) is 0 Å². The second kappa shape index (κ2) is 8.20. The first-order chi connectivity index (χ1) is 12.6. The molecule has 134 valence electrons. The minimum absolute atomic E-state index is 0.151. The Bertz CT molecular complexity index is 854. The maximum Gasteiger partial charge on any atom is 0.193 e. The SMILES string of the molecule is CC(C)Oc1ccc(NC(N)=NCc2cccc(-n3cccn3)c2)cc1. The molecule has 2 aromatic carbocycles. The molecular formula is C20H23N5O. The minimum atomic E-state index is 0.151. The number of hydrogen-bond donors (Lipinski definition) is 2. The van der Waals surface area contributed by atoms with E-state index in [1.807, 2.05) is 79.3 Å². The largest absolute Gasteiger partial charge is 0.491 e. The molecule has 0 unspecified atom stereocenters. The van der Waals surface area contributed by atoms with Crippen molar-refractivity contribution in [1.82, 2.24) is 9.78 Å². The molecule has 1 aromatic heterocycles. The van der Waals surface area contributed by atoms with Crippen LogP contribution < -0.4 is 15.8 Å². The van der Waals surface area contributed by atoms with Gasteiger partial charge in [0.25, 0.3) is 0 Å². The molecule has 0 fully saturated rings. The zero-order chi connectivity index (χ0) is 18.4. The van der Waals surface area contributed by atoms with Gasteiger partial charge in [-0.3, -0.25) is 0 Å². The lowest BCUT2D eigenvalue weighted by atomic mass is 10.2. The zero-order valence-electron chi connectivity index (χ0n) is 15.0. The van der Waals surface area contributed by atoms with E-state index in [1.165, 1.54) is 0 Å². The van der Waals surface area contributed by atoms with Crippen molar-refractivity contribution in [3.8, 4) is 11.4 Å². The van der Waals surface area contributed by atoms with Crippen LogP contribution in [-0.4, -0.2) is 21.8 Å². The van der Waals surface area contributed by atoms with E-state index in [0.717, 1.165) is 22.7 Å². The molecule has 0 radical (unpaired) electrons. The fourth-order valence-corrected chi connectivity index (χ4v) is 2.47. The molecule has 0 aliphatic heterocycles. The first-order valence-corrected chi connectivity index (χ1v) is 8.53. The number of nitrogens with zero attached hydrogens (tertiary/aromatic N) is 3. The van der Waals surface area contributed by atoms with Crippen molar-refractivity contribution in [1.29, 1.82) is 0 Å². The predicted octanol–water partition coefficient (Wildman–Crippen LogP) is 3.59. The van der Waals surface area contributed by atoms with Crippen molar-refractivity contribution in [3.05, 3.63) is 72.6 Å². The average Bonchev–Trinajstić information content (AvgIpc) is 3.16. The number of nitrogens with two attached hydrogens (primary N) is 1. The first kappa shape index (κ1) is 17.5. The third-order valence-electron chi connectivity index (χ3n) is 3.61. The molecular weight excluding hydrogens is 326 g/mol. The van der Waals surface area contributed by atoms with Crippen LogP contribution in [0.1, 0.15) is 19.4 Å². The summed E-state index contributed by atoms with van der Waals surface area (Å²) in [5.74, 6) is 1.20. The Balaban J connectivity index is 1.61. The fraction of sp³-hybridized carbons (Fsp3) is 0.200. The Kier molecular flexibility index (Phi) is 5.53. The van der Waals surface area contributed by atoms with Crippen molar-refractivity contribution in [3.63, 3.8) is 0 Å². The Labute approximate surface area is 153 Å². The number of anilines is 1. The van der Waals surface area contributed by atoms with Gasteiger partial charge in [-0.05, 0) is 61.9 Å². The monoisotopic (exact) mass is 349 g/mol. The molecule has 0 saturated carbocycles. The van der Waals surface area contributed by atoms with Crippen molar-refractivity contribution in [2.45, 2.75) is 26.5 Å². The predicted molar refractivity (Wildman–Crippen MR) is 105 cm³/mol. The Morgan fingerprint density at radius 3 is 2.69 bits per heavy atom. The van der Waals surface area contributed by atoms with Crippen molar-refractivity contribution in [2.75, 3.05) is 5.32 Å². The molecule has 3 N–H and O–H groups in total. The molecule has 0 atom stereocenters. The molecule has 3 rings (SSSR count). The van der Waals surface area contributed by atoms with Gasteiger partial charge in [0.15, 0.2) is 5.96 Å². The molecule has 0 amide bonds. The second-order valence-corrected chi connectivity index (χ2v) is 6.14. The van der Waals surface area contributed by atoms with Crippen LogP contribution in [0, 0.1) is 0 Å². The third kappa shape index (κ3) is 4.86. The summed E-state index contributed by atoms with van der Waals surface area (Å²) in [7, 11) is 0. The highest BCUT2D eigenvalue weighted by molar-refractivity contribution is 5.92. The topological polar surface area (TPSA) is 77.5 Å². The van der Waals surface area contributed by atoms with Crippen LogP contribution in [0.4, 0.5) is 5.69 Å². The number of benzene rings is 2. The van der Waals surface area contributed by atoms with Crippen LogP contribution in [-0.2, 0) is 6.54 Å². The summed E-state index contributed by atoms with van der Waals surface area (Å²) in [4.78, 5) is 4.41. The molecule has 0 bridgehead atoms. The van der Waals surface area contributed by atoms with Crippen molar-refractivity contribution >= 4 is 11.6 Å². The van der Waals surface area contributed by atoms with Gasteiger partial charge in [-0.25, -0.2) is 9.67 Å². The maximum atomic E-state index is 6.00. The summed E-state index contributed by atoms with van der Waals surface area (Å²) in [6.07, 6.45) is 3.81. The average molecular weight is 349 g/mol. The Hall–Kier alpha value is -3.28.